The molecule has 1 saturated carbocycles. The Bertz CT molecular complexity index is 267. The van der Waals surface area contributed by atoms with E-state index in [1.807, 2.05) is 0 Å². The highest BCUT2D eigenvalue weighted by atomic mass is 79.9. The van der Waals surface area contributed by atoms with Crippen LogP contribution in [0.2, 0.25) is 0 Å². The first-order chi connectivity index (χ1) is 5.21. The molecule has 2 rings (SSSR count). The summed E-state index contributed by atoms with van der Waals surface area (Å²) in [7, 11) is 0. The second kappa shape index (κ2) is 2.30. The molecule has 1 aromatic rings. The SMILES string of the molecule is CC1(c2nc(Br)no2)CCC1. The van der Waals surface area contributed by atoms with E-state index < -0.39 is 0 Å². The van der Waals surface area contributed by atoms with Gasteiger partial charge in [0.1, 0.15) is 0 Å². The molecule has 0 spiro atoms. The zero-order chi connectivity index (χ0) is 7.90. The summed E-state index contributed by atoms with van der Waals surface area (Å²) in [6.45, 7) is 2.16. The van der Waals surface area contributed by atoms with Crippen molar-refractivity contribution >= 4 is 15.9 Å². The average Bonchev–Trinajstić information content (AvgIpc) is 2.31. The van der Waals surface area contributed by atoms with E-state index >= 15 is 0 Å². The number of nitrogens with zero attached hydrogens (tertiary/aromatic N) is 2. The van der Waals surface area contributed by atoms with Crippen LogP contribution in [0, 0.1) is 0 Å². The van der Waals surface area contributed by atoms with Gasteiger partial charge in [0.15, 0.2) is 0 Å². The summed E-state index contributed by atoms with van der Waals surface area (Å²) in [5.41, 5.74) is 0.166. The minimum Gasteiger partial charge on any atom is -0.338 e. The second-order valence-electron chi connectivity index (χ2n) is 3.28. The topological polar surface area (TPSA) is 38.9 Å². The van der Waals surface area contributed by atoms with Crippen molar-refractivity contribution in [1.82, 2.24) is 10.1 Å². The van der Waals surface area contributed by atoms with Crippen molar-refractivity contribution in [1.29, 1.82) is 0 Å². The van der Waals surface area contributed by atoms with Gasteiger partial charge in [-0.1, -0.05) is 13.3 Å². The van der Waals surface area contributed by atoms with Crippen LogP contribution in [0.5, 0.6) is 0 Å². The summed E-state index contributed by atoms with van der Waals surface area (Å²) in [5.74, 6) is 0.774. The van der Waals surface area contributed by atoms with Crippen molar-refractivity contribution < 1.29 is 4.52 Å². The van der Waals surface area contributed by atoms with Gasteiger partial charge in [0, 0.05) is 5.41 Å². The maximum atomic E-state index is 5.06. The standard InChI is InChI=1S/C7H9BrN2O/c1-7(3-2-4-7)5-9-6(8)10-11-5/h2-4H2,1H3. The van der Waals surface area contributed by atoms with Crippen molar-refractivity contribution in [2.24, 2.45) is 0 Å². The summed E-state index contributed by atoms with van der Waals surface area (Å²) in [6, 6.07) is 0. The number of rotatable bonds is 1. The van der Waals surface area contributed by atoms with E-state index in [0.717, 1.165) is 5.89 Å². The lowest BCUT2D eigenvalue weighted by Crippen LogP contribution is -2.30. The molecule has 60 valence electrons. The summed E-state index contributed by atoms with van der Waals surface area (Å²) in [6.07, 6.45) is 3.61. The number of hydrogen-bond acceptors (Lipinski definition) is 3. The summed E-state index contributed by atoms with van der Waals surface area (Å²) in [4.78, 5) is 4.14. The van der Waals surface area contributed by atoms with Crippen molar-refractivity contribution in [3.63, 3.8) is 0 Å². The van der Waals surface area contributed by atoms with Gasteiger partial charge in [0.25, 0.3) is 0 Å². The van der Waals surface area contributed by atoms with Gasteiger partial charge in [-0.3, -0.25) is 0 Å². The molecular weight excluding hydrogens is 208 g/mol. The predicted octanol–water partition coefficient (Wildman–Crippen LogP) is 2.27. The molecular formula is C7H9BrN2O. The highest BCUT2D eigenvalue weighted by Gasteiger charge is 2.38. The normalized spacial score (nSPS) is 21.3. The molecule has 0 aliphatic heterocycles. The van der Waals surface area contributed by atoms with Crippen molar-refractivity contribution in [3.8, 4) is 0 Å². The molecule has 4 heteroatoms. The Hall–Kier alpha value is -0.380. The van der Waals surface area contributed by atoms with Crippen LogP contribution in [0.15, 0.2) is 9.26 Å². The fraction of sp³-hybridized carbons (Fsp3) is 0.714. The fourth-order valence-corrected chi connectivity index (χ4v) is 1.61. The van der Waals surface area contributed by atoms with Crippen LogP contribution in [0.3, 0.4) is 0 Å². The van der Waals surface area contributed by atoms with Gasteiger partial charge in [-0.05, 0) is 33.9 Å². The monoisotopic (exact) mass is 216 g/mol. The van der Waals surface area contributed by atoms with Gasteiger partial charge in [-0.15, -0.1) is 0 Å². The van der Waals surface area contributed by atoms with E-state index in [1.54, 1.807) is 0 Å². The maximum Gasteiger partial charge on any atom is 0.238 e. The van der Waals surface area contributed by atoms with Crippen molar-refractivity contribution in [2.45, 2.75) is 31.6 Å². The molecule has 0 unspecified atom stereocenters. The molecule has 3 nitrogen and oxygen atoms in total. The van der Waals surface area contributed by atoms with E-state index in [-0.39, 0.29) is 5.41 Å². The first kappa shape index (κ1) is 7.28. The van der Waals surface area contributed by atoms with Gasteiger partial charge >= 0.3 is 0 Å². The zero-order valence-electron chi connectivity index (χ0n) is 6.30. The third-order valence-corrected chi connectivity index (χ3v) is 2.70. The van der Waals surface area contributed by atoms with Crippen molar-refractivity contribution in [3.05, 3.63) is 10.6 Å². The molecule has 0 atom stereocenters. The minimum atomic E-state index is 0.166. The number of aromatic nitrogens is 2. The summed E-state index contributed by atoms with van der Waals surface area (Å²) < 4.78 is 5.62. The molecule has 1 aromatic heterocycles. The molecule has 11 heavy (non-hydrogen) atoms. The third-order valence-electron chi connectivity index (χ3n) is 2.37. The zero-order valence-corrected chi connectivity index (χ0v) is 7.89. The summed E-state index contributed by atoms with van der Waals surface area (Å²) in [5, 5.41) is 3.70. The van der Waals surface area contributed by atoms with Crippen LogP contribution in [-0.2, 0) is 5.41 Å². The highest BCUT2D eigenvalue weighted by Crippen LogP contribution is 2.42. The molecule has 1 fully saturated rings. The Labute approximate surface area is 73.3 Å². The Balaban J connectivity index is 2.28. The molecule has 1 heterocycles. The van der Waals surface area contributed by atoms with E-state index in [2.05, 4.69) is 33.0 Å². The molecule has 0 amide bonds. The van der Waals surface area contributed by atoms with Crippen LogP contribution in [-0.4, -0.2) is 10.1 Å². The lowest BCUT2D eigenvalue weighted by Gasteiger charge is -2.34. The molecule has 0 aromatic carbocycles. The van der Waals surface area contributed by atoms with Gasteiger partial charge in [0.2, 0.25) is 10.6 Å². The van der Waals surface area contributed by atoms with Crippen LogP contribution < -0.4 is 0 Å². The maximum absolute atomic E-state index is 5.06. The molecule has 0 saturated heterocycles. The van der Waals surface area contributed by atoms with Gasteiger partial charge in [-0.2, -0.15) is 4.98 Å². The Morgan fingerprint density at radius 2 is 2.27 bits per heavy atom. The predicted molar refractivity (Wildman–Crippen MR) is 43.2 cm³/mol. The summed E-state index contributed by atoms with van der Waals surface area (Å²) >= 11 is 3.16. The van der Waals surface area contributed by atoms with Gasteiger partial charge < -0.3 is 4.52 Å². The number of halogens is 1. The van der Waals surface area contributed by atoms with E-state index in [1.165, 1.54) is 19.3 Å². The molecule has 0 N–H and O–H groups in total. The highest BCUT2D eigenvalue weighted by molar-refractivity contribution is 9.10. The third kappa shape index (κ3) is 1.09. The van der Waals surface area contributed by atoms with Gasteiger partial charge in [-0.25, -0.2) is 0 Å². The minimum absolute atomic E-state index is 0.166. The first-order valence-electron chi connectivity index (χ1n) is 3.70. The second-order valence-corrected chi connectivity index (χ2v) is 3.99. The lowest BCUT2D eigenvalue weighted by atomic mass is 9.70. The van der Waals surface area contributed by atoms with Crippen LogP contribution in [0.4, 0.5) is 0 Å². The molecule has 0 radical (unpaired) electrons. The van der Waals surface area contributed by atoms with Crippen molar-refractivity contribution in [2.75, 3.05) is 0 Å². The van der Waals surface area contributed by atoms with Crippen LogP contribution >= 0.6 is 15.9 Å². The fourth-order valence-electron chi connectivity index (χ4n) is 1.37. The number of hydrogen-bond donors (Lipinski definition) is 0. The smallest absolute Gasteiger partial charge is 0.238 e. The van der Waals surface area contributed by atoms with Crippen LogP contribution in [0.25, 0.3) is 0 Å². The molecule has 1 aliphatic carbocycles. The van der Waals surface area contributed by atoms with Gasteiger partial charge in [0.05, 0.1) is 0 Å². The van der Waals surface area contributed by atoms with E-state index in [0.29, 0.717) is 4.73 Å². The van der Waals surface area contributed by atoms with Crippen LogP contribution in [0.1, 0.15) is 32.1 Å². The molecule has 1 aliphatic rings. The quantitative estimate of drug-likeness (QED) is 0.724. The Morgan fingerprint density at radius 3 is 2.64 bits per heavy atom. The lowest BCUT2D eigenvalue weighted by molar-refractivity contribution is 0.194. The molecule has 0 bridgehead atoms. The largest absolute Gasteiger partial charge is 0.338 e. The Morgan fingerprint density at radius 1 is 1.55 bits per heavy atom. The van der Waals surface area contributed by atoms with E-state index in [9.17, 15) is 0 Å². The average molecular weight is 217 g/mol. The van der Waals surface area contributed by atoms with E-state index in [4.69, 9.17) is 4.52 Å². The Kier molecular flexibility index (Phi) is 1.52. The first-order valence-corrected chi connectivity index (χ1v) is 4.50.